The van der Waals surface area contributed by atoms with Gasteiger partial charge in [-0.2, -0.15) is 5.10 Å². The van der Waals surface area contributed by atoms with Crippen molar-refractivity contribution in [2.75, 3.05) is 7.05 Å². The van der Waals surface area contributed by atoms with Gasteiger partial charge >= 0.3 is 6.36 Å². The molecule has 0 atom stereocenters. The van der Waals surface area contributed by atoms with Crippen LogP contribution >= 0.6 is 0 Å². The second-order valence-corrected chi connectivity index (χ2v) is 5.26. The Morgan fingerprint density at radius 2 is 1.92 bits per heavy atom. The number of rotatable bonds is 5. The molecule has 1 aromatic carbocycles. The second-order valence-electron chi connectivity index (χ2n) is 5.26. The standard InChI is InChI=1S/C16H15F3N4O2/c1-20-8-13-14-10(9-24)6-7-21-15(14)23(22-13)11-2-4-12(5-3-11)25-16(17,18)19/h2-7,20,24H,8-9H2,1H3. The fraction of sp³-hybridized carbons (Fsp3) is 0.250. The number of aromatic nitrogens is 3. The maximum atomic E-state index is 12.3. The van der Waals surface area contributed by atoms with Gasteiger partial charge in [0.2, 0.25) is 0 Å². The number of alkyl halides is 3. The molecule has 0 amide bonds. The number of pyridine rings is 1. The number of aliphatic hydroxyl groups is 1. The van der Waals surface area contributed by atoms with E-state index in [2.05, 4.69) is 20.1 Å². The smallest absolute Gasteiger partial charge is 0.406 e. The fourth-order valence-corrected chi connectivity index (χ4v) is 2.57. The van der Waals surface area contributed by atoms with Crippen molar-refractivity contribution in [2.24, 2.45) is 0 Å². The second kappa shape index (κ2) is 6.69. The van der Waals surface area contributed by atoms with Crippen LogP contribution in [0.2, 0.25) is 0 Å². The molecule has 0 bridgehead atoms. The Hall–Kier alpha value is -2.65. The molecule has 9 heteroatoms. The number of benzene rings is 1. The van der Waals surface area contributed by atoms with Gasteiger partial charge in [-0.15, -0.1) is 13.2 Å². The highest BCUT2D eigenvalue weighted by Crippen LogP contribution is 2.27. The Morgan fingerprint density at radius 1 is 1.20 bits per heavy atom. The van der Waals surface area contributed by atoms with Gasteiger partial charge in [-0.05, 0) is 42.9 Å². The summed E-state index contributed by atoms with van der Waals surface area (Å²) in [5.41, 5.74) is 2.41. The van der Waals surface area contributed by atoms with Gasteiger partial charge in [0.1, 0.15) is 5.75 Å². The first-order chi connectivity index (χ1) is 11.9. The lowest BCUT2D eigenvalue weighted by molar-refractivity contribution is -0.274. The Kier molecular flexibility index (Phi) is 4.60. The molecule has 0 spiro atoms. The predicted molar refractivity (Wildman–Crippen MR) is 84.2 cm³/mol. The molecule has 2 N–H and O–H groups in total. The van der Waals surface area contributed by atoms with E-state index in [0.29, 0.717) is 29.1 Å². The Morgan fingerprint density at radius 3 is 2.52 bits per heavy atom. The molecular weight excluding hydrogens is 337 g/mol. The summed E-state index contributed by atoms with van der Waals surface area (Å²) in [6, 6.07) is 7.05. The van der Waals surface area contributed by atoms with Crippen LogP contribution in [0.5, 0.6) is 5.75 Å². The third-order valence-electron chi connectivity index (χ3n) is 3.56. The molecule has 0 unspecified atom stereocenters. The molecule has 0 aliphatic rings. The van der Waals surface area contributed by atoms with E-state index in [1.807, 2.05) is 0 Å². The van der Waals surface area contributed by atoms with Gasteiger partial charge < -0.3 is 15.2 Å². The number of hydrogen-bond acceptors (Lipinski definition) is 5. The monoisotopic (exact) mass is 352 g/mol. The van der Waals surface area contributed by atoms with E-state index in [-0.39, 0.29) is 12.4 Å². The summed E-state index contributed by atoms with van der Waals surface area (Å²) in [6.45, 7) is 0.289. The molecule has 25 heavy (non-hydrogen) atoms. The average molecular weight is 352 g/mol. The van der Waals surface area contributed by atoms with Crippen LogP contribution < -0.4 is 10.1 Å². The highest BCUT2D eigenvalue weighted by Gasteiger charge is 2.31. The third-order valence-corrected chi connectivity index (χ3v) is 3.56. The number of aliphatic hydroxyl groups excluding tert-OH is 1. The Balaban J connectivity index is 2.06. The lowest BCUT2D eigenvalue weighted by Gasteiger charge is -2.09. The van der Waals surface area contributed by atoms with Crippen LogP contribution in [0.1, 0.15) is 11.3 Å². The number of ether oxygens (including phenoxy) is 1. The van der Waals surface area contributed by atoms with Crippen molar-refractivity contribution in [3.63, 3.8) is 0 Å². The van der Waals surface area contributed by atoms with Crippen LogP contribution in [0.15, 0.2) is 36.5 Å². The highest BCUT2D eigenvalue weighted by molar-refractivity contribution is 5.83. The van der Waals surface area contributed by atoms with E-state index in [1.54, 1.807) is 19.3 Å². The van der Waals surface area contributed by atoms with Crippen LogP contribution in [0.3, 0.4) is 0 Å². The van der Waals surface area contributed by atoms with Crippen molar-refractivity contribution in [3.05, 3.63) is 47.8 Å². The molecule has 0 aliphatic heterocycles. The zero-order chi connectivity index (χ0) is 18.0. The lowest BCUT2D eigenvalue weighted by atomic mass is 10.1. The number of fused-ring (bicyclic) bond motifs is 1. The zero-order valence-corrected chi connectivity index (χ0v) is 13.2. The summed E-state index contributed by atoms with van der Waals surface area (Å²) in [5, 5.41) is 17.7. The predicted octanol–water partition coefficient (Wildman–Crippen LogP) is 2.53. The van der Waals surface area contributed by atoms with Crippen LogP contribution in [0.4, 0.5) is 13.2 Å². The molecule has 3 rings (SSSR count). The first-order valence-electron chi connectivity index (χ1n) is 7.40. The van der Waals surface area contributed by atoms with E-state index in [9.17, 15) is 18.3 Å². The SMILES string of the molecule is CNCc1nn(-c2ccc(OC(F)(F)F)cc2)c2nccc(CO)c12. The minimum atomic E-state index is -4.74. The summed E-state index contributed by atoms with van der Waals surface area (Å²) in [5.74, 6) is -0.313. The number of hydrogen-bond donors (Lipinski definition) is 2. The molecule has 3 aromatic rings. The van der Waals surface area contributed by atoms with Crippen molar-refractivity contribution < 1.29 is 23.0 Å². The molecule has 0 radical (unpaired) electrons. The summed E-state index contributed by atoms with van der Waals surface area (Å²) in [4.78, 5) is 4.30. The van der Waals surface area contributed by atoms with Crippen molar-refractivity contribution in [3.8, 4) is 11.4 Å². The van der Waals surface area contributed by atoms with E-state index in [0.717, 1.165) is 5.39 Å². The van der Waals surface area contributed by atoms with Gasteiger partial charge in [0, 0.05) is 18.1 Å². The normalized spacial score (nSPS) is 11.9. The van der Waals surface area contributed by atoms with Crippen LogP contribution in [0, 0.1) is 0 Å². The topological polar surface area (TPSA) is 72.2 Å². The molecule has 6 nitrogen and oxygen atoms in total. The van der Waals surface area contributed by atoms with Crippen molar-refractivity contribution >= 4 is 11.0 Å². The third kappa shape index (κ3) is 3.57. The molecule has 132 valence electrons. The lowest BCUT2D eigenvalue weighted by Crippen LogP contribution is -2.17. The van der Waals surface area contributed by atoms with Gasteiger partial charge in [0.15, 0.2) is 5.65 Å². The van der Waals surface area contributed by atoms with Crippen LogP contribution in [0.25, 0.3) is 16.7 Å². The summed E-state index contributed by atoms with van der Waals surface area (Å²) >= 11 is 0. The van der Waals surface area contributed by atoms with E-state index >= 15 is 0 Å². The van der Waals surface area contributed by atoms with Crippen molar-refractivity contribution in [1.82, 2.24) is 20.1 Å². The Bertz CT molecular complexity index is 875. The average Bonchev–Trinajstić information content (AvgIpc) is 2.93. The minimum absolute atomic E-state index is 0.167. The first-order valence-corrected chi connectivity index (χ1v) is 7.40. The van der Waals surface area contributed by atoms with E-state index in [4.69, 9.17) is 0 Å². The van der Waals surface area contributed by atoms with Gasteiger partial charge in [-0.25, -0.2) is 9.67 Å². The quantitative estimate of drug-likeness (QED) is 0.738. The zero-order valence-electron chi connectivity index (χ0n) is 13.2. The van der Waals surface area contributed by atoms with Crippen LogP contribution in [-0.4, -0.2) is 33.3 Å². The summed E-state index contributed by atoms with van der Waals surface area (Å²) in [6.07, 6.45) is -3.19. The van der Waals surface area contributed by atoms with Gasteiger partial charge in [0.05, 0.1) is 18.0 Å². The first kappa shape index (κ1) is 17.2. The van der Waals surface area contributed by atoms with Gasteiger partial charge in [0.25, 0.3) is 0 Å². The minimum Gasteiger partial charge on any atom is -0.406 e. The fourth-order valence-electron chi connectivity index (χ4n) is 2.57. The summed E-state index contributed by atoms with van der Waals surface area (Å²) < 4.78 is 42.2. The molecule has 2 heterocycles. The van der Waals surface area contributed by atoms with Crippen molar-refractivity contribution in [1.29, 1.82) is 0 Å². The molecule has 0 saturated carbocycles. The van der Waals surface area contributed by atoms with Crippen molar-refractivity contribution in [2.45, 2.75) is 19.5 Å². The van der Waals surface area contributed by atoms with Crippen LogP contribution in [-0.2, 0) is 13.2 Å². The van der Waals surface area contributed by atoms with E-state index in [1.165, 1.54) is 28.9 Å². The maximum absolute atomic E-state index is 12.3. The molecule has 0 saturated heterocycles. The molecule has 0 fully saturated rings. The molecular formula is C16H15F3N4O2. The number of halogens is 3. The number of nitrogens with zero attached hydrogens (tertiary/aromatic N) is 3. The molecule has 0 aliphatic carbocycles. The van der Waals surface area contributed by atoms with E-state index < -0.39 is 6.36 Å². The number of nitrogens with one attached hydrogen (secondary N) is 1. The van der Waals surface area contributed by atoms with Gasteiger partial charge in [-0.3, -0.25) is 0 Å². The Labute approximate surface area is 140 Å². The molecule has 2 aromatic heterocycles. The highest BCUT2D eigenvalue weighted by atomic mass is 19.4. The maximum Gasteiger partial charge on any atom is 0.573 e. The largest absolute Gasteiger partial charge is 0.573 e. The van der Waals surface area contributed by atoms with Gasteiger partial charge in [-0.1, -0.05) is 0 Å². The summed E-state index contributed by atoms with van der Waals surface area (Å²) in [7, 11) is 1.77.